The van der Waals surface area contributed by atoms with Crippen LogP contribution in [0.4, 0.5) is 0 Å². The number of ketones is 3. The number of aryl methyl sites for hydroxylation is 2. The van der Waals surface area contributed by atoms with E-state index in [4.69, 9.17) is 11.6 Å². The normalized spacial score (nSPS) is 18.3. The predicted molar refractivity (Wildman–Crippen MR) is 110 cm³/mol. The topological polar surface area (TPSA) is 103 Å². The third kappa shape index (κ3) is 2.96. The van der Waals surface area contributed by atoms with Crippen molar-refractivity contribution in [1.29, 1.82) is 0 Å². The van der Waals surface area contributed by atoms with Gasteiger partial charge in [0.2, 0.25) is 0 Å². The summed E-state index contributed by atoms with van der Waals surface area (Å²) in [5.41, 5.74) is 2.15. The summed E-state index contributed by atoms with van der Waals surface area (Å²) in [6.45, 7) is 5.55. The Kier molecular flexibility index (Phi) is 4.97. The molecule has 0 radical (unpaired) electrons. The minimum absolute atomic E-state index is 0.128. The van der Waals surface area contributed by atoms with Crippen molar-refractivity contribution in [3.05, 3.63) is 33.5 Å². The molecule has 1 aromatic carbocycles. The van der Waals surface area contributed by atoms with E-state index in [1.807, 2.05) is 6.92 Å². The maximum atomic E-state index is 13.2. The lowest BCUT2D eigenvalue weighted by Crippen LogP contribution is -2.35. The highest BCUT2D eigenvalue weighted by Gasteiger charge is 2.40. The first-order valence-corrected chi connectivity index (χ1v) is 11.8. The Hall–Kier alpha value is -2.32. The number of Topliss-reactive ketones (excluding diaryl/α,β-unsaturated/α-hetero) is 3. The third-order valence-electron chi connectivity index (χ3n) is 5.91. The first kappa shape index (κ1) is 20.9. The molecule has 2 heterocycles. The molecule has 1 aliphatic heterocycles. The van der Waals surface area contributed by atoms with Gasteiger partial charge in [0.05, 0.1) is 16.3 Å². The van der Waals surface area contributed by atoms with Crippen LogP contribution in [0.2, 0.25) is 5.15 Å². The van der Waals surface area contributed by atoms with Crippen molar-refractivity contribution >= 4 is 38.8 Å². The molecule has 0 amide bonds. The molecule has 158 valence electrons. The van der Waals surface area contributed by atoms with Gasteiger partial charge in [0, 0.05) is 36.1 Å². The quantitative estimate of drug-likeness (QED) is 0.527. The van der Waals surface area contributed by atoms with Crippen LogP contribution in [0.5, 0.6) is 0 Å². The number of nitrogens with zero attached hydrogens (tertiary/aromatic N) is 2. The molecule has 0 spiro atoms. The average molecular weight is 449 g/mol. The molecule has 1 aromatic heterocycles. The lowest BCUT2D eigenvalue weighted by atomic mass is 9.79. The first-order chi connectivity index (χ1) is 14.1. The fourth-order valence-electron chi connectivity index (χ4n) is 4.47. The van der Waals surface area contributed by atoms with Crippen LogP contribution in [-0.2, 0) is 31.7 Å². The molecule has 1 aliphatic carbocycles. The number of hydrogen-bond acceptors (Lipinski definition) is 6. The fraction of sp³-hybridized carbons (Fsp3) is 0.429. The first-order valence-electron chi connectivity index (χ1n) is 9.80. The van der Waals surface area contributed by atoms with Gasteiger partial charge in [-0.2, -0.15) is 5.10 Å². The van der Waals surface area contributed by atoms with Crippen LogP contribution in [0.3, 0.4) is 0 Å². The number of halogens is 1. The minimum Gasteiger partial charge on any atom is -0.298 e. The number of benzene rings is 1. The largest absolute Gasteiger partial charge is 0.298 e. The number of rotatable bonds is 3. The molecule has 1 fully saturated rings. The molecular formula is C21H21ClN2O5S. The van der Waals surface area contributed by atoms with Crippen LogP contribution in [0.15, 0.2) is 11.0 Å². The van der Waals surface area contributed by atoms with Gasteiger partial charge in [0.15, 0.2) is 27.2 Å². The van der Waals surface area contributed by atoms with Crippen molar-refractivity contribution < 1.29 is 22.8 Å². The Balaban J connectivity index is 1.98. The van der Waals surface area contributed by atoms with Gasteiger partial charge in [-0.25, -0.2) is 8.42 Å². The van der Waals surface area contributed by atoms with Gasteiger partial charge in [-0.05, 0) is 44.4 Å². The van der Waals surface area contributed by atoms with Crippen LogP contribution in [-0.4, -0.2) is 35.5 Å². The molecule has 2 aliphatic rings. The zero-order valence-electron chi connectivity index (χ0n) is 16.9. The van der Waals surface area contributed by atoms with Gasteiger partial charge in [0.25, 0.3) is 0 Å². The molecule has 0 bridgehead atoms. The van der Waals surface area contributed by atoms with Crippen LogP contribution in [0, 0.1) is 19.8 Å². The van der Waals surface area contributed by atoms with E-state index in [9.17, 15) is 22.8 Å². The van der Waals surface area contributed by atoms with E-state index in [1.54, 1.807) is 13.8 Å². The molecule has 30 heavy (non-hydrogen) atoms. The van der Waals surface area contributed by atoms with E-state index in [1.165, 1.54) is 10.7 Å². The van der Waals surface area contributed by atoms with Gasteiger partial charge >= 0.3 is 0 Å². The zero-order valence-corrected chi connectivity index (χ0v) is 18.5. The summed E-state index contributed by atoms with van der Waals surface area (Å²) in [6.07, 6.45) is 0.846. The second-order valence-corrected chi connectivity index (χ2v) is 10.1. The summed E-state index contributed by atoms with van der Waals surface area (Å²) in [7, 11) is -3.70. The summed E-state index contributed by atoms with van der Waals surface area (Å²) in [5, 5.41) is 4.75. The number of hydrogen-bond donors (Lipinski definition) is 0. The Morgan fingerprint density at radius 1 is 1.23 bits per heavy atom. The molecule has 1 saturated carbocycles. The zero-order chi connectivity index (χ0) is 22.0. The molecule has 9 heteroatoms. The van der Waals surface area contributed by atoms with Crippen molar-refractivity contribution in [2.45, 2.75) is 57.2 Å². The van der Waals surface area contributed by atoms with Crippen molar-refractivity contribution in [1.82, 2.24) is 9.78 Å². The van der Waals surface area contributed by atoms with Crippen LogP contribution >= 0.6 is 11.6 Å². The number of carbonyl (C=O) groups excluding carboxylic acids is 3. The Morgan fingerprint density at radius 2 is 1.87 bits per heavy atom. The van der Waals surface area contributed by atoms with Gasteiger partial charge in [-0.3, -0.25) is 19.1 Å². The smallest absolute Gasteiger partial charge is 0.183 e. The summed E-state index contributed by atoms with van der Waals surface area (Å²) < 4.78 is 27.6. The second-order valence-electron chi connectivity index (χ2n) is 7.85. The molecule has 7 nitrogen and oxygen atoms in total. The van der Waals surface area contributed by atoms with E-state index in [0.29, 0.717) is 40.9 Å². The second kappa shape index (κ2) is 7.13. The van der Waals surface area contributed by atoms with E-state index in [0.717, 1.165) is 0 Å². The highest BCUT2D eigenvalue weighted by molar-refractivity contribution is 7.91. The molecule has 0 unspecified atom stereocenters. The standard InChI is InChI=1S/C21H21ClN2O5S/c1-4-24-21(22)13-9-30(28,29)20-10(2)8-12(11(3)16(20)18(13)23-24)19(27)17-14(25)6-5-7-15(17)26/h8,17H,4-7,9H2,1-3H3. The van der Waals surface area contributed by atoms with Gasteiger partial charge in [0.1, 0.15) is 11.1 Å². The Labute approximate surface area is 179 Å². The predicted octanol–water partition coefficient (Wildman–Crippen LogP) is 3.25. The monoisotopic (exact) mass is 448 g/mol. The van der Waals surface area contributed by atoms with Crippen LogP contribution in [0.1, 0.15) is 53.2 Å². The lowest BCUT2D eigenvalue weighted by Gasteiger charge is -2.24. The summed E-state index contributed by atoms with van der Waals surface area (Å²) >= 11 is 6.37. The van der Waals surface area contributed by atoms with Gasteiger partial charge < -0.3 is 0 Å². The Bertz CT molecular complexity index is 1230. The van der Waals surface area contributed by atoms with Gasteiger partial charge in [-0.15, -0.1) is 0 Å². The average Bonchev–Trinajstić information content (AvgIpc) is 2.98. The fourth-order valence-corrected chi connectivity index (χ4v) is 6.77. The summed E-state index contributed by atoms with van der Waals surface area (Å²) in [6, 6.07) is 1.48. The Morgan fingerprint density at radius 3 is 2.47 bits per heavy atom. The van der Waals surface area contributed by atoms with Gasteiger partial charge in [-0.1, -0.05) is 11.6 Å². The van der Waals surface area contributed by atoms with Crippen molar-refractivity contribution in [3.63, 3.8) is 0 Å². The maximum absolute atomic E-state index is 13.2. The summed E-state index contributed by atoms with van der Waals surface area (Å²) in [4.78, 5) is 38.0. The van der Waals surface area contributed by atoms with Crippen molar-refractivity contribution in [2.24, 2.45) is 5.92 Å². The van der Waals surface area contributed by atoms with Crippen LogP contribution < -0.4 is 0 Å². The highest BCUT2D eigenvalue weighted by atomic mass is 35.5. The number of fused-ring (bicyclic) bond motifs is 3. The van der Waals surface area contributed by atoms with Crippen LogP contribution in [0.25, 0.3) is 11.3 Å². The van der Waals surface area contributed by atoms with E-state index in [2.05, 4.69) is 5.10 Å². The molecule has 0 saturated heterocycles. The number of aromatic nitrogens is 2. The maximum Gasteiger partial charge on any atom is 0.183 e. The molecule has 2 aromatic rings. The number of carbonyl (C=O) groups is 3. The van der Waals surface area contributed by atoms with E-state index >= 15 is 0 Å². The van der Waals surface area contributed by atoms with E-state index in [-0.39, 0.29) is 45.8 Å². The third-order valence-corrected chi connectivity index (χ3v) is 8.15. The minimum atomic E-state index is -3.70. The molecular weight excluding hydrogens is 428 g/mol. The molecule has 0 atom stereocenters. The van der Waals surface area contributed by atoms with Crippen molar-refractivity contribution in [2.75, 3.05) is 0 Å². The van der Waals surface area contributed by atoms with E-state index < -0.39 is 21.5 Å². The molecule has 0 N–H and O–H groups in total. The lowest BCUT2D eigenvalue weighted by molar-refractivity contribution is -0.133. The van der Waals surface area contributed by atoms with Crippen molar-refractivity contribution in [3.8, 4) is 11.3 Å². The number of sulfone groups is 1. The summed E-state index contributed by atoms with van der Waals surface area (Å²) in [5.74, 6) is -2.90. The SMILES string of the molecule is CCn1nc2c(c1Cl)CS(=O)(=O)c1c(C)cc(C(=O)C3C(=O)CCCC3=O)c(C)c1-2. The highest BCUT2D eigenvalue weighted by Crippen LogP contribution is 2.45. The molecule has 4 rings (SSSR count).